The molecular formula is HCoInO2. The van der Waals surface area contributed by atoms with Gasteiger partial charge in [0.1, 0.15) is 0 Å². The normalized spacial score (nSPS) is 2.00. The molecule has 0 aromatic rings. The molecule has 0 unspecified atom stereocenters. The van der Waals surface area contributed by atoms with Gasteiger partial charge in [-0.05, 0) is 0 Å². The minimum absolute atomic E-state index is 0.1000. The summed E-state index contributed by atoms with van der Waals surface area (Å²) >= 11 is 2.21. The summed E-state index contributed by atoms with van der Waals surface area (Å²) < 4.78 is 16.4. The molecule has 0 amide bonds. The maximum absolute atomic E-state index is 8.42. The molecule has 0 radical (unpaired) electrons. The van der Waals surface area contributed by atoms with E-state index in [0.717, 1.165) is 0 Å². The average molecular weight is 207 g/mol. The van der Waals surface area contributed by atoms with E-state index in [0.29, 0.717) is 0 Å². The van der Waals surface area contributed by atoms with Gasteiger partial charge in [-0.2, -0.15) is 0 Å². The summed E-state index contributed by atoms with van der Waals surface area (Å²) in [6.07, 6.45) is 0. The van der Waals surface area contributed by atoms with Crippen LogP contribution in [0.3, 0.4) is 0 Å². The van der Waals surface area contributed by atoms with Gasteiger partial charge in [0.15, 0.2) is 0 Å². The maximum atomic E-state index is 8.42. The third-order valence-corrected chi connectivity index (χ3v) is 0. The van der Waals surface area contributed by atoms with Crippen LogP contribution in [0.25, 0.3) is 0 Å². The zero-order valence-corrected chi connectivity index (χ0v) is 6.93. The second-order valence-corrected chi connectivity index (χ2v) is 0. The molecule has 2 nitrogen and oxygen atoms in total. The first-order valence-electron chi connectivity index (χ1n) is 0.425. The molecular weight excluding hydrogens is 206 g/mol. The fraction of sp³-hybridized carbons (Fsp3) is 0. The van der Waals surface area contributed by atoms with Gasteiger partial charge in [-0.1, -0.05) is 0 Å². The third-order valence-electron chi connectivity index (χ3n) is 0. The Bertz CT molecular complexity index is 8.00. The summed E-state index contributed by atoms with van der Waals surface area (Å²) in [7, 11) is 0. The Kier molecular flexibility index (Phi) is 82.0. The molecule has 0 rings (SSSR count). The van der Waals surface area contributed by atoms with E-state index in [9.17, 15) is 0 Å². The average Bonchev–Trinajstić information content (AvgIpc) is 1.50. The molecule has 0 bridgehead atoms. The van der Waals surface area contributed by atoms with Crippen molar-refractivity contribution in [3.8, 4) is 0 Å². The Hall–Kier alpha value is 0.977. The van der Waals surface area contributed by atoms with Crippen LogP contribution in [0.1, 0.15) is 0 Å². The van der Waals surface area contributed by atoms with Gasteiger partial charge < -0.3 is 0 Å². The van der Waals surface area contributed by atoms with Crippen molar-refractivity contribution in [3.05, 3.63) is 0 Å². The van der Waals surface area contributed by atoms with Crippen molar-refractivity contribution in [2.45, 2.75) is 0 Å². The standard InChI is InChI=1S/Co.In.2O.H. The van der Waals surface area contributed by atoms with E-state index in [1.807, 2.05) is 0 Å². The Morgan fingerprint density at radius 1 is 1.25 bits per heavy atom. The predicted molar refractivity (Wildman–Crippen MR) is 8.52 cm³/mol. The predicted octanol–water partition coefficient (Wildman–Crippen LogP) is -0.889. The molecule has 0 aromatic carbocycles. The summed E-state index contributed by atoms with van der Waals surface area (Å²) in [5, 5.41) is 0. The van der Waals surface area contributed by atoms with Gasteiger partial charge in [-0.25, -0.2) is 0 Å². The SMILES string of the molecule is [O]=[Co].[O]=[InH]. The van der Waals surface area contributed by atoms with Crippen LogP contribution in [0.2, 0.25) is 0 Å². The van der Waals surface area contributed by atoms with Crippen molar-refractivity contribution in [2.75, 3.05) is 0 Å². The van der Waals surface area contributed by atoms with Gasteiger partial charge in [0, 0.05) is 0 Å². The van der Waals surface area contributed by atoms with E-state index in [1.54, 1.807) is 0 Å². The fourth-order valence-electron chi connectivity index (χ4n) is 0. The number of hydrogen-bond acceptors (Lipinski definition) is 2. The van der Waals surface area contributed by atoms with Crippen LogP contribution < -0.4 is 0 Å². The molecule has 0 fully saturated rings. The molecule has 25 valence electrons. The fourth-order valence-corrected chi connectivity index (χ4v) is 0. The number of rotatable bonds is 0. The van der Waals surface area contributed by atoms with Crippen molar-refractivity contribution >= 4 is 24.4 Å². The van der Waals surface area contributed by atoms with Crippen LogP contribution in [0.15, 0.2) is 0 Å². The molecule has 0 saturated carbocycles. The summed E-state index contributed by atoms with van der Waals surface area (Å²) in [6.45, 7) is 0. The zero-order chi connectivity index (χ0) is 4.00. The Labute approximate surface area is 46.7 Å². The van der Waals surface area contributed by atoms with Crippen molar-refractivity contribution < 1.29 is 22.4 Å². The van der Waals surface area contributed by atoms with Crippen LogP contribution in [0.5, 0.6) is 0 Å². The van der Waals surface area contributed by atoms with E-state index < -0.39 is 0 Å². The van der Waals surface area contributed by atoms with Gasteiger partial charge >= 0.3 is 46.8 Å². The van der Waals surface area contributed by atoms with Crippen LogP contribution in [0.4, 0.5) is 0 Å². The molecule has 0 aliphatic rings. The van der Waals surface area contributed by atoms with E-state index in [1.165, 1.54) is 0 Å². The monoisotopic (exact) mass is 207 g/mol. The first-order chi connectivity index (χ1) is 2.00. The van der Waals surface area contributed by atoms with Gasteiger partial charge in [0.25, 0.3) is 0 Å². The van der Waals surface area contributed by atoms with Crippen molar-refractivity contribution in [2.24, 2.45) is 0 Å². The first kappa shape index (κ1) is 8.88. The Morgan fingerprint density at radius 2 is 1.25 bits per heavy atom. The van der Waals surface area contributed by atoms with Crippen molar-refractivity contribution in [1.29, 1.82) is 0 Å². The Morgan fingerprint density at radius 3 is 1.25 bits per heavy atom. The summed E-state index contributed by atoms with van der Waals surface area (Å²) in [4.78, 5) is 0. The van der Waals surface area contributed by atoms with Crippen LogP contribution >= 0.6 is 0 Å². The molecule has 0 saturated heterocycles. The molecule has 0 aromatic heterocycles. The first-order valence-corrected chi connectivity index (χ1v) is 2.50. The molecule has 4 heavy (non-hydrogen) atoms. The van der Waals surface area contributed by atoms with Gasteiger partial charge in [0.2, 0.25) is 0 Å². The molecule has 0 aliphatic carbocycles. The van der Waals surface area contributed by atoms with Crippen molar-refractivity contribution in [1.82, 2.24) is 0 Å². The van der Waals surface area contributed by atoms with Crippen LogP contribution in [-0.2, 0) is 22.4 Å². The van der Waals surface area contributed by atoms with Crippen LogP contribution in [0, 0.1) is 0 Å². The van der Waals surface area contributed by atoms with E-state index in [-0.39, 0.29) is 24.4 Å². The van der Waals surface area contributed by atoms with E-state index >= 15 is 0 Å². The second kappa shape index (κ2) is 36.9. The quantitative estimate of drug-likeness (QED) is 0.516. The summed E-state index contributed by atoms with van der Waals surface area (Å²) in [6, 6.07) is 0. The number of hydrogen-bond donors (Lipinski definition) is 0. The molecule has 0 spiro atoms. The van der Waals surface area contributed by atoms with Gasteiger partial charge in [0.05, 0.1) is 0 Å². The molecule has 0 N–H and O–H groups in total. The molecule has 4 heteroatoms. The topological polar surface area (TPSA) is 34.1 Å². The van der Waals surface area contributed by atoms with Crippen molar-refractivity contribution in [3.63, 3.8) is 0 Å². The van der Waals surface area contributed by atoms with E-state index in [4.69, 9.17) is 6.72 Å². The van der Waals surface area contributed by atoms with E-state index in [2.05, 4.69) is 15.7 Å². The molecule has 0 heterocycles. The Balaban J connectivity index is 0. The second-order valence-electron chi connectivity index (χ2n) is 0. The molecule has 0 atom stereocenters. The van der Waals surface area contributed by atoms with Crippen LogP contribution in [-0.4, -0.2) is 24.4 Å². The summed E-state index contributed by atoms with van der Waals surface area (Å²) in [5.41, 5.74) is 0. The molecule has 0 aliphatic heterocycles. The van der Waals surface area contributed by atoms with Gasteiger partial charge in [-0.15, -0.1) is 0 Å². The minimum atomic E-state index is -0.1000. The third kappa shape index (κ3) is 12.2. The van der Waals surface area contributed by atoms with Gasteiger partial charge in [-0.3, -0.25) is 0 Å². The zero-order valence-electron chi connectivity index (χ0n) is 1.86. The summed E-state index contributed by atoms with van der Waals surface area (Å²) in [5.74, 6) is 0.